The average molecular weight is 337 g/mol. The molecule has 25 heavy (non-hydrogen) atoms. The van der Waals surface area contributed by atoms with Crippen molar-refractivity contribution in [1.82, 2.24) is 4.90 Å². The Morgan fingerprint density at radius 3 is 2.36 bits per heavy atom. The number of carboxylic acid groups (broad SMARTS) is 1. The smallest absolute Gasteiger partial charge is 0.313 e. The minimum absolute atomic E-state index is 0.0809. The highest BCUT2D eigenvalue weighted by molar-refractivity contribution is 6.00. The number of nitrogens with zero attached hydrogens (tertiary/aromatic N) is 1. The molecule has 0 spiro atoms. The summed E-state index contributed by atoms with van der Waals surface area (Å²) in [6.45, 7) is 4.76. The van der Waals surface area contributed by atoms with E-state index >= 15 is 0 Å². The van der Waals surface area contributed by atoms with Gasteiger partial charge >= 0.3 is 5.97 Å². The molecule has 4 nitrogen and oxygen atoms in total. The van der Waals surface area contributed by atoms with Gasteiger partial charge in [-0.1, -0.05) is 62.4 Å². The zero-order valence-electron chi connectivity index (χ0n) is 14.6. The summed E-state index contributed by atoms with van der Waals surface area (Å²) < 4.78 is 0. The largest absolute Gasteiger partial charge is 0.481 e. The molecule has 0 fully saturated rings. The number of rotatable bonds is 5. The van der Waals surface area contributed by atoms with E-state index < -0.39 is 17.9 Å². The number of carboxylic acids is 1. The van der Waals surface area contributed by atoms with Crippen molar-refractivity contribution in [2.45, 2.75) is 32.2 Å². The van der Waals surface area contributed by atoms with Crippen LogP contribution in [0.15, 0.2) is 54.6 Å². The van der Waals surface area contributed by atoms with Crippen LogP contribution < -0.4 is 0 Å². The van der Waals surface area contributed by atoms with Crippen LogP contribution in [-0.4, -0.2) is 28.4 Å². The summed E-state index contributed by atoms with van der Waals surface area (Å²) in [7, 11) is 0. The quantitative estimate of drug-likeness (QED) is 0.894. The Balaban J connectivity index is 2.14. The van der Waals surface area contributed by atoms with Crippen molar-refractivity contribution in [2.75, 3.05) is 6.54 Å². The summed E-state index contributed by atoms with van der Waals surface area (Å²) in [6, 6.07) is 16.1. The maximum atomic E-state index is 13.1. The minimum atomic E-state index is -0.900. The van der Waals surface area contributed by atoms with Gasteiger partial charge in [0.05, 0.1) is 6.04 Å². The third-order valence-electron chi connectivity index (χ3n) is 4.79. The molecule has 0 aliphatic carbocycles. The molecule has 3 rings (SSSR count). The van der Waals surface area contributed by atoms with Gasteiger partial charge in [0.15, 0.2) is 0 Å². The molecule has 0 radical (unpaired) electrons. The third kappa shape index (κ3) is 3.29. The summed E-state index contributed by atoms with van der Waals surface area (Å²) in [5.74, 6) is -1.31. The number of carbonyl (C=O) groups is 2. The van der Waals surface area contributed by atoms with Crippen LogP contribution in [-0.2, 0) is 4.79 Å². The van der Waals surface area contributed by atoms with E-state index in [9.17, 15) is 14.7 Å². The zero-order valence-corrected chi connectivity index (χ0v) is 14.6. The Morgan fingerprint density at radius 1 is 1.08 bits per heavy atom. The van der Waals surface area contributed by atoms with E-state index in [0.717, 1.165) is 12.0 Å². The molecule has 2 aromatic carbocycles. The standard InChI is InChI=1S/C21H23NO3/c1-14(2)12-13-22-19(15-8-4-3-5-9-15)18(21(24)25)16-10-6-7-11-17(16)20(22)23/h3-11,14,18-19H,12-13H2,1-2H3,(H,24,25)/t18-,19+/m1/s1. The van der Waals surface area contributed by atoms with E-state index in [-0.39, 0.29) is 5.91 Å². The normalized spacial score (nSPS) is 19.8. The number of amides is 1. The third-order valence-corrected chi connectivity index (χ3v) is 4.79. The highest BCUT2D eigenvalue weighted by Crippen LogP contribution is 2.42. The molecule has 1 heterocycles. The van der Waals surface area contributed by atoms with Gasteiger partial charge in [-0.15, -0.1) is 0 Å². The van der Waals surface area contributed by atoms with Crippen molar-refractivity contribution >= 4 is 11.9 Å². The first-order chi connectivity index (χ1) is 12.0. The lowest BCUT2D eigenvalue weighted by atomic mass is 9.79. The van der Waals surface area contributed by atoms with Crippen LogP contribution in [0.3, 0.4) is 0 Å². The minimum Gasteiger partial charge on any atom is -0.481 e. The fourth-order valence-electron chi connectivity index (χ4n) is 3.52. The predicted molar refractivity (Wildman–Crippen MR) is 96.5 cm³/mol. The molecule has 0 bridgehead atoms. The molecule has 0 saturated carbocycles. The van der Waals surface area contributed by atoms with E-state index in [1.54, 1.807) is 29.2 Å². The molecule has 0 unspecified atom stereocenters. The summed E-state index contributed by atoms with van der Waals surface area (Å²) in [5, 5.41) is 9.96. The lowest BCUT2D eigenvalue weighted by Crippen LogP contribution is -2.45. The summed E-state index contributed by atoms with van der Waals surface area (Å²) in [4.78, 5) is 27.0. The van der Waals surface area contributed by atoms with Crippen LogP contribution >= 0.6 is 0 Å². The number of hydrogen-bond donors (Lipinski definition) is 1. The van der Waals surface area contributed by atoms with Crippen LogP contribution in [0.2, 0.25) is 0 Å². The molecule has 130 valence electrons. The number of benzene rings is 2. The van der Waals surface area contributed by atoms with E-state index in [1.807, 2.05) is 30.3 Å². The topological polar surface area (TPSA) is 57.6 Å². The van der Waals surface area contributed by atoms with Gasteiger partial charge < -0.3 is 10.0 Å². The monoisotopic (exact) mass is 337 g/mol. The first kappa shape index (κ1) is 17.2. The van der Waals surface area contributed by atoms with Crippen molar-refractivity contribution < 1.29 is 14.7 Å². The molecule has 4 heteroatoms. The molecular weight excluding hydrogens is 314 g/mol. The van der Waals surface area contributed by atoms with E-state index in [1.165, 1.54) is 0 Å². The van der Waals surface area contributed by atoms with Gasteiger partial charge in [-0.05, 0) is 29.5 Å². The Kier molecular flexibility index (Phi) is 4.88. The van der Waals surface area contributed by atoms with Gasteiger partial charge in [0.2, 0.25) is 0 Å². The fraction of sp³-hybridized carbons (Fsp3) is 0.333. The highest BCUT2D eigenvalue weighted by atomic mass is 16.4. The van der Waals surface area contributed by atoms with Crippen LogP contribution in [0.4, 0.5) is 0 Å². The van der Waals surface area contributed by atoms with Crippen molar-refractivity contribution in [2.24, 2.45) is 5.92 Å². The van der Waals surface area contributed by atoms with Gasteiger partial charge in [-0.2, -0.15) is 0 Å². The second-order valence-corrected chi connectivity index (χ2v) is 6.94. The maximum absolute atomic E-state index is 13.1. The SMILES string of the molecule is CC(C)CCN1C(=O)c2ccccc2[C@@H](C(=O)O)[C@@H]1c1ccccc1. The zero-order chi connectivity index (χ0) is 18.0. The number of hydrogen-bond acceptors (Lipinski definition) is 2. The predicted octanol–water partition coefficient (Wildman–Crippen LogP) is 4.10. The molecule has 1 aliphatic rings. The van der Waals surface area contributed by atoms with E-state index in [4.69, 9.17) is 0 Å². The molecular formula is C21H23NO3. The molecule has 2 aromatic rings. The maximum Gasteiger partial charge on any atom is 0.313 e. The molecule has 1 N–H and O–H groups in total. The van der Waals surface area contributed by atoms with Crippen molar-refractivity contribution in [3.8, 4) is 0 Å². The second kappa shape index (κ2) is 7.09. The van der Waals surface area contributed by atoms with Gasteiger partial charge in [0, 0.05) is 12.1 Å². The Labute approximate surface area is 148 Å². The lowest BCUT2D eigenvalue weighted by molar-refractivity contribution is -0.140. The number of fused-ring (bicyclic) bond motifs is 1. The van der Waals surface area contributed by atoms with Crippen molar-refractivity contribution in [3.05, 3.63) is 71.3 Å². The first-order valence-electron chi connectivity index (χ1n) is 8.68. The van der Waals surface area contributed by atoms with Crippen molar-refractivity contribution in [1.29, 1.82) is 0 Å². The molecule has 0 saturated heterocycles. The Hall–Kier alpha value is -2.62. The Morgan fingerprint density at radius 2 is 1.72 bits per heavy atom. The van der Waals surface area contributed by atoms with Crippen LogP contribution in [0.5, 0.6) is 0 Å². The Bertz CT molecular complexity index is 770. The summed E-state index contributed by atoms with van der Waals surface area (Å²) in [6.07, 6.45) is 0.837. The summed E-state index contributed by atoms with van der Waals surface area (Å²) >= 11 is 0. The fourth-order valence-corrected chi connectivity index (χ4v) is 3.52. The second-order valence-electron chi connectivity index (χ2n) is 6.94. The molecule has 1 aliphatic heterocycles. The van der Waals surface area contributed by atoms with E-state index in [2.05, 4.69) is 13.8 Å². The first-order valence-corrected chi connectivity index (χ1v) is 8.68. The van der Waals surface area contributed by atoms with Gasteiger partial charge in [0.1, 0.15) is 5.92 Å². The molecule has 1 amide bonds. The van der Waals surface area contributed by atoms with Crippen LogP contribution in [0.1, 0.15) is 53.7 Å². The van der Waals surface area contributed by atoms with Crippen molar-refractivity contribution in [3.63, 3.8) is 0 Å². The average Bonchev–Trinajstić information content (AvgIpc) is 2.61. The van der Waals surface area contributed by atoms with Gasteiger partial charge in [-0.3, -0.25) is 9.59 Å². The number of carbonyl (C=O) groups excluding carboxylic acids is 1. The van der Waals surface area contributed by atoms with Gasteiger partial charge in [-0.25, -0.2) is 0 Å². The van der Waals surface area contributed by atoms with E-state index in [0.29, 0.717) is 23.6 Å². The molecule has 2 atom stereocenters. The number of aliphatic carboxylic acids is 1. The molecule has 0 aromatic heterocycles. The summed E-state index contributed by atoms with van der Waals surface area (Å²) in [5.41, 5.74) is 1.97. The van der Waals surface area contributed by atoms with Gasteiger partial charge in [0.25, 0.3) is 5.91 Å². The lowest BCUT2D eigenvalue weighted by Gasteiger charge is -2.41. The van der Waals surface area contributed by atoms with Crippen LogP contribution in [0, 0.1) is 5.92 Å². The highest BCUT2D eigenvalue weighted by Gasteiger charge is 2.43. The van der Waals surface area contributed by atoms with Crippen LogP contribution in [0.25, 0.3) is 0 Å².